The standard InChI is InChI=1S/C18H28N4O2/c1-18(2,3)20-16(23)8-6-9-17(24)22-13-11-21(12-14-22)15-7-4-5-10-19-15/h4-5,7,10H,6,8-9,11-14H2,1-3H3,(H,20,23). The van der Waals surface area contributed by atoms with Crippen molar-refractivity contribution in [2.75, 3.05) is 31.1 Å². The zero-order valence-electron chi connectivity index (χ0n) is 14.9. The van der Waals surface area contributed by atoms with Gasteiger partial charge in [0.15, 0.2) is 0 Å². The number of nitrogens with one attached hydrogen (secondary N) is 1. The fraction of sp³-hybridized carbons (Fsp3) is 0.611. The van der Waals surface area contributed by atoms with E-state index in [9.17, 15) is 9.59 Å². The number of hydrogen-bond acceptors (Lipinski definition) is 4. The van der Waals surface area contributed by atoms with E-state index in [0.717, 1.165) is 18.9 Å². The minimum atomic E-state index is -0.219. The molecule has 2 amide bonds. The number of rotatable bonds is 5. The van der Waals surface area contributed by atoms with E-state index in [2.05, 4.69) is 15.2 Å². The summed E-state index contributed by atoms with van der Waals surface area (Å²) in [5.41, 5.74) is -0.219. The van der Waals surface area contributed by atoms with Crippen LogP contribution in [-0.4, -0.2) is 53.4 Å². The number of anilines is 1. The first-order valence-electron chi connectivity index (χ1n) is 8.60. The molecule has 1 aromatic heterocycles. The lowest BCUT2D eigenvalue weighted by Gasteiger charge is -2.35. The van der Waals surface area contributed by atoms with Crippen LogP contribution in [0.5, 0.6) is 0 Å². The monoisotopic (exact) mass is 332 g/mol. The molecule has 1 N–H and O–H groups in total. The number of aromatic nitrogens is 1. The van der Waals surface area contributed by atoms with E-state index >= 15 is 0 Å². The number of hydrogen-bond donors (Lipinski definition) is 1. The molecule has 6 heteroatoms. The van der Waals surface area contributed by atoms with Gasteiger partial charge in [-0.2, -0.15) is 0 Å². The summed E-state index contributed by atoms with van der Waals surface area (Å²) in [6, 6.07) is 5.87. The summed E-state index contributed by atoms with van der Waals surface area (Å²) in [4.78, 5) is 32.5. The molecular formula is C18H28N4O2. The van der Waals surface area contributed by atoms with Crippen LogP contribution in [-0.2, 0) is 9.59 Å². The number of amides is 2. The van der Waals surface area contributed by atoms with Gasteiger partial charge in [0.2, 0.25) is 11.8 Å². The van der Waals surface area contributed by atoms with Gasteiger partial charge in [-0.3, -0.25) is 9.59 Å². The van der Waals surface area contributed by atoms with Crippen molar-refractivity contribution in [1.82, 2.24) is 15.2 Å². The highest BCUT2D eigenvalue weighted by Crippen LogP contribution is 2.13. The molecule has 0 spiro atoms. The molecule has 0 aliphatic carbocycles. The maximum absolute atomic E-state index is 12.3. The highest BCUT2D eigenvalue weighted by atomic mass is 16.2. The molecule has 0 unspecified atom stereocenters. The largest absolute Gasteiger partial charge is 0.353 e. The van der Waals surface area contributed by atoms with E-state index in [-0.39, 0.29) is 17.4 Å². The summed E-state index contributed by atoms with van der Waals surface area (Å²) >= 11 is 0. The highest BCUT2D eigenvalue weighted by Gasteiger charge is 2.22. The Morgan fingerprint density at radius 3 is 2.42 bits per heavy atom. The Morgan fingerprint density at radius 2 is 1.83 bits per heavy atom. The van der Waals surface area contributed by atoms with Crippen LogP contribution in [0.2, 0.25) is 0 Å². The Kier molecular flexibility index (Phi) is 6.17. The maximum Gasteiger partial charge on any atom is 0.222 e. The summed E-state index contributed by atoms with van der Waals surface area (Å²) in [6.07, 6.45) is 3.22. The third-order valence-electron chi connectivity index (χ3n) is 3.91. The third-order valence-corrected chi connectivity index (χ3v) is 3.91. The first kappa shape index (κ1) is 18.2. The van der Waals surface area contributed by atoms with Gasteiger partial charge in [0.25, 0.3) is 0 Å². The van der Waals surface area contributed by atoms with Gasteiger partial charge in [0.05, 0.1) is 0 Å². The van der Waals surface area contributed by atoms with Crippen molar-refractivity contribution in [3.8, 4) is 0 Å². The van der Waals surface area contributed by atoms with Crippen LogP contribution in [0, 0.1) is 0 Å². The number of carbonyl (C=O) groups is 2. The zero-order chi connectivity index (χ0) is 17.6. The molecular weight excluding hydrogens is 304 g/mol. The van der Waals surface area contributed by atoms with Crippen molar-refractivity contribution in [1.29, 1.82) is 0 Å². The number of carbonyl (C=O) groups excluding carboxylic acids is 2. The van der Waals surface area contributed by atoms with Gasteiger partial charge in [-0.05, 0) is 39.3 Å². The summed E-state index contributed by atoms with van der Waals surface area (Å²) < 4.78 is 0. The van der Waals surface area contributed by atoms with Crippen molar-refractivity contribution in [2.45, 2.75) is 45.6 Å². The molecule has 2 rings (SSSR count). The van der Waals surface area contributed by atoms with Crippen molar-refractivity contribution in [2.24, 2.45) is 0 Å². The molecule has 0 aromatic carbocycles. The Balaban J connectivity index is 1.69. The van der Waals surface area contributed by atoms with Gasteiger partial charge >= 0.3 is 0 Å². The zero-order valence-corrected chi connectivity index (χ0v) is 14.9. The molecule has 1 aliphatic rings. The van der Waals surface area contributed by atoms with E-state index < -0.39 is 0 Å². The fourth-order valence-corrected chi connectivity index (χ4v) is 2.76. The second-order valence-corrected chi connectivity index (χ2v) is 7.21. The lowest BCUT2D eigenvalue weighted by molar-refractivity contribution is -0.131. The van der Waals surface area contributed by atoms with Crippen LogP contribution in [0.4, 0.5) is 5.82 Å². The normalized spacial score (nSPS) is 15.3. The van der Waals surface area contributed by atoms with Crippen LogP contribution >= 0.6 is 0 Å². The van der Waals surface area contributed by atoms with Crippen molar-refractivity contribution < 1.29 is 9.59 Å². The predicted octanol–water partition coefficient (Wildman–Crippen LogP) is 1.82. The van der Waals surface area contributed by atoms with E-state index in [1.165, 1.54) is 0 Å². The second kappa shape index (κ2) is 8.13. The molecule has 0 radical (unpaired) electrons. The third kappa shape index (κ3) is 5.83. The van der Waals surface area contributed by atoms with Crippen molar-refractivity contribution >= 4 is 17.6 Å². The Morgan fingerprint density at radius 1 is 1.12 bits per heavy atom. The maximum atomic E-state index is 12.3. The Hall–Kier alpha value is -2.11. The number of pyridine rings is 1. The lowest BCUT2D eigenvalue weighted by Crippen LogP contribution is -2.49. The Bertz CT molecular complexity index is 546. The van der Waals surface area contributed by atoms with Crippen LogP contribution in [0.3, 0.4) is 0 Å². The van der Waals surface area contributed by atoms with E-state index in [4.69, 9.17) is 0 Å². The smallest absolute Gasteiger partial charge is 0.222 e. The quantitative estimate of drug-likeness (QED) is 0.893. The second-order valence-electron chi connectivity index (χ2n) is 7.21. The van der Waals surface area contributed by atoms with Crippen LogP contribution in [0.25, 0.3) is 0 Å². The first-order chi connectivity index (χ1) is 11.3. The van der Waals surface area contributed by atoms with E-state index in [1.807, 2.05) is 43.9 Å². The predicted molar refractivity (Wildman–Crippen MR) is 94.8 cm³/mol. The average molecular weight is 332 g/mol. The molecule has 0 saturated carbocycles. The van der Waals surface area contributed by atoms with Crippen LogP contribution in [0.1, 0.15) is 40.0 Å². The average Bonchev–Trinajstić information content (AvgIpc) is 2.54. The van der Waals surface area contributed by atoms with Crippen LogP contribution in [0.15, 0.2) is 24.4 Å². The first-order valence-corrected chi connectivity index (χ1v) is 8.60. The molecule has 132 valence electrons. The number of nitrogens with zero attached hydrogens (tertiary/aromatic N) is 3. The van der Waals surface area contributed by atoms with Gasteiger partial charge in [-0.25, -0.2) is 4.98 Å². The van der Waals surface area contributed by atoms with Crippen molar-refractivity contribution in [3.63, 3.8) is 0 Å². The number of piperazine rings is 1. The van der Waals surface area contributed by atoms with Gasteiger partial charge in [0, 0.05) is 50.8 Å². The molecule has 0 atom stereocenters. The minimum absolute atomic E-state index is 0.00951. The summed E-state index contributed by atoms with van der Waals surface area (Å²) in [5.74, 6) is 1.11. The SMILES string of the molecule is CC(C)(C)NC(=O)CCCC(=O)N1CCN(c2ccccn2)CC1. The van der Waals surface area contributed by atoms with Gasteiger partial charge in [-0.15, -0.1) is 0 Å². The van der Waals surface area contributed by atoms with E-state index in [0.29, 0.717) is 32.4 Å². The van der Waals surface area contributed by atoms with Crippen molar-refractivity contribution in [3.05, 3.63) is 24.4 Å². The molecule has 1 saturated heterocycles. The van der Waals surface area contributed by atoms with E-state index in [1.54, 1.807) is 6.20 Å². The summed E-state index contributed by atoms with van der Waals surface area (Å²) in [5, 5.41) is 2.92. The van der Waals surface area contributed by atoms with Gasteiger partial charge in [0.1, 0.15) is 5.82 Å². The summed E-state index contributed by atoms with van der Waals surface area (Å²) in [7, 11) is 0. The lowest BCUT2D eigenvalue weighted by atomic mass is 10.1. The molecule has 0 bridgehead atoms. The Labute approximate surface area is 144 Å². The molecule has 24 heavy (non-hydrogen) atoms. The molecule has 6 nitrogen and oxygen atoms in total. The topological polar surface area (TPSA) is 65.5 Å². The molecule has 2 heterocycles. The van der Waals surface area contributed by atoms with Gasteiger partial charge < -0.3 is 15.1 Å². The highest BCUT2D eigenvalue weighted by molar-refractivity contribution is 5.79. The van der Waals surface area contributed by atoms with Crippen LogP contribution < -0.4 is 10.2 Å². The summed E-state index contributed by atoms with van der Waals surface area (Å²) in [6.45, 7) is 8.89. The minimum Gasteiger partial charge on any atom is -0.353 e. The molecule has 1 aliphatic heterocycles. The molecule has 1 aromatic rings. The van der Waals surface area contributed by atoms with Gasteiger partial charge in [-0.1, -0.05) is 6.07 Å². The fourth-order valence-electron chi connectivity index (χ4n) is 2.76. The molecule has 1 fully saturated rings.